The van der Waals surface area contributed by atoms with E-state index in [2.05, 4.69) is 27.5 Å². The van der Waals surface area contributed by atoms with Crippen LogP contribution in [-0.2, 0) is 0 Å². The molecule has 0 aliphatic heterocycles. The number of aromatic nitrogens is 2. The monoisotopic (exact) mass is 322 g/mol. The summed E-state index contributed by atoms with van der Waals surface area (Å²) in [6, 6.07) is 5.53. The van der Waals surface area contributed by atoms with Gasteiger partial charge in [0.25, 0.3) is 5.91 Å². The second-order valence-corrected chi connectivity index (χ2v) is 5.06. The highest BCUT2D eigenvalue weighted by Gasteiger charge is 2.10. The molecule has 0 aliphatic carbocycles. The van der Waals surface area contributed by atoms with Gasteiger partial charge in [-0.2, -0.15) is 0 Å². The number of carbonyl (C=O) groups is 1. The summed E-state index contributed by atoms with van der Waals surface area (Å²) in [5, 5.41) is 5.68. The molecule has 2 N–H and O–H groups in total. The van der Waals surface area contributed by atoms with Crippen molar-refractivity contribution in [3.63, 3.8) is 0 Å². The number of benzene rings is 1. The Morgan fingerprint density at radius 3 is 2.86 bits per heavy atom. The van der Waals surface area contributed by atoms with E-state index in [1.807, 2.05) is 0 Å². The van der Waals surface area contributed by atoms with Gasteiger partial charge in [0.15, 0.2) is 0 Å². The first kappa shape index (κ1) is 16.2. The fourth-order valence-corrected chi connectivity index (χ4v) is 1.92. The van der Waals surface area contributed by atoms with Crippen LogP contribution in [0.3, 0.4) is 0 Å². The van der Waals surface area contributed by atoms with E-state index < -0.39 is 11.7 Å². The number of hydrogen-bond acceptors (Lipinski definition) is 4. The second kappa shape index (κ2) is 7.70. The molecule has 0 bridgehead atoms. The molecule has 1 heterocycles. The molecule has 0 saturated heterocycles. The van der Waals surface area contributed by atoms with Crippen molar-refractivity contribution in [1.29, 1.82) is 0 Å². The summed E-state index contributed by atoms with van der Waals surface area (Å²) >= 11 is 5.68. The third kappa shape index (κ3) is 4.39. The smallest absolute Gasteiger partial charge is 0.274 e. The summed E-state index contributed by atoms with van der Waals surface area (Å²) in [5.74, 6) is -0.363. The highest BCUT2D eigenvalue weighted by molar-refractivity contribution is 6.31. The zero-order valence-electron chi connectivity index (χ0n) is 12.1. The molecule has 0 saturated carbocycles. The molecule has 0 spiro atoms. The highest BCUT2D eigenvalue weighted by atomic mass is 35.5. The predicted molar refractivity (Wildman–Crippen MR) is 84.8 cm³/mol. The number of amides is 1. The maximum atomic E-state index is 13.1. The van der Waals surface area contributed by atoms with Crippen LogP contribution in [0.1, 0.15) is 30.3 Å². The van der Waals surface area contributed by atoms with Crippen LogP contribution in [0, 0.1) is 5.82 Å². The molecule has 116 valence electrons. The van der Waals surface area contributed by atoms with E-state index in [1.54, 1.807) is 6.07 Å². The summed E-state index contributed by atoms with van der Waals surface area (Å²) in [7, 11) is 0. The second-order valence-electron chi connectivity index (χ2n) is 4.65. The van der Waals surface area contributed by atoms with Gasteiger partial charge in [0.1, 0.15) is 23.7 Å². The molecule has 0 radical (unpaired) electrons. The zero-order valence-corrected chi connectivity index (χ0v) is 12.8. The van der Waals surface area contributed by atoms with Crippen LogP contribution in [0.2, 0.25) is 5.02 Å². The molecule has 0 atom stereocenters. The molecule has 0 aliphatic rings. The van der Waals surface area contributed by atoms with Crippen molar-refractivity contribution in [2.24, 2.45) is 0 Å². The van der Waals surface area contributed by atoms with E-state index in [-0.39, 0.29) is 10.7 Å². The molecule has 1 amide bonds. The summed E-state index contributed by atoms with van der Waals surface area (Å²) in [4.78, 5) is 20.1. The number of nitrogens with one attached hydrogen (secondary N) is 2. The quantitative estimate of drug-likeness (QED) is 0.795. The van der Waals surface area contributed by atoms with Gasteiger partial charge in [0.2, 0.25) is 0 Å². The molecule has 1 aromatic carbocycles. The average molecular weight is 323 g/mol. The van der Waals surface area contributed by atoms with Gasteiger partial charge in [-0.1, -0.05) is 24.9 Å². The summed E-state index contributed by atoms with van der Waals surface area (Å²) in [6.45, 7) is 2.87. The fraction of sp³-hybridized carbons (Fsp3) is 0.267. The van der Waals surface area contributed by atoms with Gasteiger partial charge in [0.05, 0.1) is 5.02 Å². The fourth-order valence-electron chi connectivity index (χ4n) is 1.74. The molecular weight excluding hydrogens is 307 g/mol. The molecule has 0 fully saturated rings. The lowest BCUT2D eigenvalue weighted by Gasteiger charge is -2.07. The van der Waals surface area contributed by atoms with Crippen molar-refractivity contribution in [2.45, 2.75) is 19.8 Å². The number of hydrogen-bond donors (Lipinski definition) is 2. The van der Waals surface area contributed by atoms with Gasteiger partial charge < -0.3 is 10.6 Å². The number of halogens is 2. The average Bonchev–Trinajstić information content (AvgIpc) is 2.51. The van der Waals surface area contributed by atoms with Crippen molar-refractivity contribution in [2.75, 3.05) is 17.2 Å². The number of carbonyl (C=O) groups excluding carboxylic acids is 1. The molecule has 2 rings (SSSR count). The first-order valence-corrected chi connectivity index (χ1v) is 7.30. The molecule has 2 aromatic rings. The minimum atomic E-state index is -0.538. The number of nitrogens with zero attached hydrogens (tertiary/aromatic N) is 2. The Morgan fingerprint density at radius 1 is 1.32 bits per heavy atom. The number of anilines is 2. The van der Waals surface area contributed by atoms with Gasteiger partial charge in [-0.05, 0) is 24.6 Å². The third-order valence-electron chi connectivity index (χ3n) is 2.91. The maximum Gasteiger partial charge on any atom is 0.274 e. The summed E-state index contributed by atoms with van der Waals surface area (Å²) in [5.41, 5.74) is 0.616. The minimum absolute atomic E-state index is 0.0533. The largest absolute Gasteiger partial charge is 0.370 e. The van der Waals surface area contributed by atoms with E-state index in [0.717, 1.165) is 19.4 Å². The Balaban J connectivity index is 2.05. The first-order valence-electron chi connectivity index (χ1n) is 6.92. The molecular formula is C15H16ClFN4O. The third-order valence-corrected chi connectivity index (χ3v) is 3.20. The normalized spacial score (nSPS) is 10.3. The van der Waals surface area contributed by atoms with E-state index >= 15 is 0 Å². The maximum absolute atomic E-state index is 13.1. The van der Waals surface area contributed by atoms with Gasteiger partial charge in [-0.25, -0.2) is 14.4 Å². The molecule has 1 aromatic heterocycles. The van der Waals surface area contributed by atoms with Crippen LogP contribution in [0.15, 0.2) is 30.6 Å². The van der Waals surface area contributed by atoms with Crippen molar-refractivity contribution in [3.8, 4) is 0 Å². The number of unbranched alkanes of at least 4 members (excludes halogenated alkanes) is 1. The van der Waals surface area contributed by atoms with E-state index in [9.17, 15) is 9.18 Å². The lowest BCUT2D eigenvalue weighted by Crippen LogP contribution is -2.15. The van der Waals surface area contributed by atoms with Crippen LogP contribution >= 0.6 is 11.6 Å². The lowest BCUT2D eigenvalue weighted by molar-refractivity contribution is 0.102. The van der Waals surface area contributed by atoms with Gasteiger partial charge in [0, 0.05) is 18.3 Å². The van der Waals surface area contributed by atoms with Crippen LogP contribution in [-0.4, -0.2) is 22.4 Å². The van der Waals surface area contributed by atoms with Crippen molar-refractivity contribution >= 4 is 29.0 Å². The minimum Gasteiger partial charge on any atom is -0.370 e. The van der Waals surface area contributed by atoms with E-state index in [0.29, 0.717) is 11.5 Å². The molecule has 22 heavy (non-hydrogen) atoms. The predicted octanol–water partition coefficient (Wildman–Crippen LogP) is 3.73. The summed E-state index contributed by atoms with van der Waals surface area (Å²) in [6.07, 6.45) is 3.40. The Bertz CT molecular complexity index is 666. The van der Waals surface area contributed by atoms with E-state index in [1.165, 1.54) is 24.5 Å². The van der Waals surface area contributed by atoms with Gasteiger partial charge >= 0.3 is 0 Å². The summed E-state index contributed by atoms with van der Waals surface area (Å²) < 4.78 is 13.1. The Labute approximate surface area is 132 Å². The topological polar surface area (TPSA) is 66.9 Å². The molecule has 7 heteroatoms. The van der Waals surface area contributed by atoms with Crippen LogP contribution in [0.25, 0.3) is 0 Å². The number of rotatable bonds is 6. The highest BCUT2D eigenvalue weighted by Crippen LogP contribution is 2.19. The van der Waals surface area contributed by atoms with Crippen LogP contribution in [0.5, 0.6) is 0 Å². The zero-order chi connectivity index (χ0) is 15.9. The van der Waals surface area contributed by atoms with Crippen LogP contribution in [0.4, 0.5) is 15.9 Å². The lowest BCUT2D eigenvalue weighted by atomic mass is 10.3. The van der Waals surface area contributed by atoms with Crippen molar-refractivity contribution in [1.82, 2.24) is 9.97 Å². The molecule has 0 unspecified atom stereocenters. The molecule has 5 nitrogen and oxygen atoms in total. The Morgan fingerprint density at radius 2 is 2.14 bits per heavy atom. The first-order chi connectivity index (χ1) is 10.6. The van der Waals surface area contributed by atoms with Crippen LogP contribution < -0.4 is 10.6 Å². The SMILES string of the molecule is CCCCNc1cc(C(=O)Nc2ccc(F)c(Cl)c2)ncn1. The van der Waals surface area contributed by atoms with E-state index in [4.69, 9.17) is 11.6 Å². The Hall–Kier alpha value is -2.21. The Kier molecular flexibility index (Phi) is 5.66. The van der Waals surface area contributed by atoms with Gasteiger partial charge in [-0.15, -0.1) is 0 Å². The standard InChI is InChI=1S/C15H16ClFN4O/c1-2-3-6-18-14-8-13(19-9-20-14)15(22)21-10-4-5-12(17)11(16)7-10/h4-5,7-9H,2-3,6H2,1H3,(H,21,22)(H,18,19,20). The van der Waals surface area contributed by atoms with Crippen molar-refractivity contribution < 1.29 is 9.18 Å². The van der Waals surface area contributed by atoms with Crippen molar-refractivity contribution in [3.05, 3.63) is 47.1 Å². The van der Waals surface area contributed by atoms with Gasteiger partial charge in [-0.3, -0.25) is 4.79 Å².